The number of benzene rings is 7. The van der Waals surface area contributed by atoms with Crippen molar-refractivity contribution in [2.75, 3.05) is 10.2 Å². The fraction of sp³-hybridized carbons (Fsp3) is 0.0208. The third-order valence-corrected chi connectivity index (χ3v) is 10.5. The Morgan fingerprint density at radius 2 is 0.981 bits per heavy atom. The van der Waals surface area contributed by atoms with Gasteiger partial charge in [0.2, 0.25) is 0 Å². The molecule has 5 nitrogen and oxygen atoms in total. The zero-order chi connectivity index (χ0) is 34.9. The SMILES string of the molecule is c1ccc(-c2cnc3c(c2)NC(c2cc(-c4ccc5oc6ccccc6c5c4)cc(-c4ccc5oc6ccccc6c5c4)c2)N3c2ccccc2)cc1. The summed E-state index contributed by atoms with van der Waals surface area (Å²) >= 11 is 0. The Labute approximate surface area is 305 Å². The van der Waals surface area contributed by atoms with Crippen molar-refractivity contribution < 1.29 is 8.83 Å². The predicted molar refractivity (Wildman–Crippen MR) is 216 cm³/mol. The van der Waals surface area contributed by atoms with Crippen LogP contribution in [-0.2, 0) is 0 Å². The van der Waals surface area contributed by atoms with E-state index in [0.717, 1.165) is 100 Å². The largest absolute Gasteiger partial charge is 0.456 e. The van der Waals surface area contributed by atoms with E-state index >= 15 is 0 Å². The van der Waals surface area contributed by atoms with Gasteiger partial charge in [-0.2, -0.15) is 0 Å². The Balaban J connectivity index is 1.11. The minimum Gasteiger partial charge on any atom is -0.456 e. The molecule has 53 heavy (non-hydrogen) atoms. The molecular formula is C48H31N3O2. The molecule has 1 aliphatic heterocycles. The quantitative estimate of drug-likeness (QED) is 0.196. The molecule has 0 spiro atoms. The normalized spacial score (nSPS) is 14.0. The van der Waals surface area contributed by atoms with Crippen LogP contribution in [0.15, 0.2) is 185 Å². The molecule has 1 atom stereocenters. The van der Waals surface area contributed by atoms with Gasteiger partial charge in [0.15, 0.2) is 5.82 Å². The first kappa shape index (κ1) is 29.6. The van der Waals surface area contributed by atoms with Gasteiger partial charge in [-0.15, -0.1) is 0 Å². The Bertz CT molecular complexity index is 2870. The predicted octanol–water partition coefficient (Wildman–Crippen LogP) is 13.1. The molecule has 1 aliphatic rings. The molecule has 0 saturated carbocycles. The van der Waals surface area contributed by atoms with E-state index in [0.29, 0.717) is 0 Å². The van der Waals surface area contributed by atoms with Crippen molar-refractivity contribution in [3.8, 4) is 33.4 Å². The van der Waals surface area contributed by atoms with Gasteiger partial charge in [-0.05, 0) is 106 Å². The van der Waals surface area contributed by atoms with Crippen molar-refractivity contribution >= 4 is 61.1 Å². The molecule has 0 fully saturated rings. The number of rotatable bonds is 5. The van der Waals surface area contributed by atoms with Gasteiger partial charge >= 0.3 is 0 Å². The number of para-hydroxylation sites is 3. The van der Waals surface area contributed by atoms with Crippen LogP contribution in [0, 0.1) is 0 Å². The van der Waals surface area contributed by atoms with E-state index in [1.54, 1.807) is 0 Å². The van der Waals surface area contributed by atoms with Crippen LogP contribution in [0.3, 0.4) is 0 Å². The Kier molecular flexibility index (Phi) is 6.55. The lowest BCUT2D eigenvalue weighted by molar-refractivity contribution is 0.668. The zero-order valence-corrected chi connectivity index (χ0v) is 28.5. The molecule has 0 aliphatic carbocycles. The fourth-order valence-corrected chi connectivity index (χ4v) is 7.92. The van der Waals surface area contributed by atoms with E-state index in [4.69, 9.17) is 13.8 Å². The van der Waals surface area contributed by atoms with Crippen molar-refractivity contribution in [1.82, 2.24) is 4.98 Å². The number of fused-ring (bicyclic) bond motifs is 7. The van der Waals surface area contributed by atoms with E-state index in [1.165, 1.54) is 0 Å². The molecule has 4 heterocycles. The van der Waals surface area contributed by atoms with Crippen molar-refractivity contribution in [2.45, 2.75) is 6.17 Å². The van der Waals surface area contributed by atoms with Crippen LogP contribution in [0.5, 0.6) is 0 Å². The number of hydrogen-bond donors (Lipinski definition) is 1. The highest BCUT2D eigenvalue weighted by molar-refractivity contribution is 6.07. The highest BCUT2D eigenvalue weighted by Crippen LogP contribution is 2.47. The third-order valence-electron chi connectivity index (χ3n) is 10.5. The molecule has 0 amide bonds. The highest BCUT2D eigenvalue weighted by Gasteiger charge is 2.33. The number of nitrogens with zero attached hydrogens (tertiary/aromatic N) is 2. The molecule has 0 saturated heterocycles. The molecule has 5 heteroatoms. The van der Waals surface area contributed by atoms with Crippen LogP contribution in [0.1, 0.15) is 11.7 Å². The average molecular weight is 682 g/mol. The summed E-state index contributed by atoms with van der Waals surface area (Å²) in [6.45, 7) is 0. The first-order valence-electron chi connectivity index (χ1n) is 17.9. The second-order valence-corrected chi connectivity index (χ2v) is 13.7. The fourth-order valence-electron chi connectivity index (χ4n) is 7.92. The number of anilines is 3. The van der Waals surface area contributed by atoms with Crippen LogP contribution in [0.4, 0.5) is 17.2 Å². The average Bonchev–Trinajstić information content (AvgIpc) is 3.92. The van der Waals surface area contributed by atoms with Gasteiger partial charge in [0.1, 0.15) is 28.5 Å². The third kappa shape index (κ3) is 4.89. The molecule has 1 unspecified atom stereocenters. The Morgan fingerprint density at radius 3 is 1.60 bits per heavy atom. The lowest BCUT2D eigenvalue weighted by atomic mass is 9.93. The minimum atomic E-state index is -0.221. The van der Waals surface area contributed by atoms with E-state index in [-0.39, 0.29) is 6.17 Å². The zero-order valence-electron chi connectivity index (χ0n) is 28.5. The molecule has 11 rings (SSSR count). The summed E-state index contributed by atoms with van der Waals surface area (Å²) in [6.07, 6.45) is 1.76. The number of furan rings is 2. The summed E-state index contributed by atoms with van der Waals surface area (Å²) in [5.74, 6) is 0.894. The summed E-state index contributed by atoms with van der Waals surface area (Å²) in [5.41, 5.74) is 13.4. The Morgan fingerprint density at radius 1 is 0.434 bits per heavy atom. The van der Waals surface area contributed by atoms with E-state index < -0.39 is 0 Å². The summed E-state index contributed by atoms with van der Waals surface area (Å²) in [7, 11) is 0. The molecular weight excluding hydrogens is 651 g/mol. The topological polar surface area (TPSA) is 54.4 Å². The molecule has 10 aromatic rings. The second-order valence-electron chi connectivity index (χ2n) is 13.7. The summed E-state index contributed by atoms with van der Waals surface area (Å²) in [4.78, 5) is 7.40. The van der Waals surface area contributed by atoms with E-state index in [1.807, 2.05) is 36.5 Å². The second kappa shape index (κ2) is 11.7. The van der Waals surface area contributed by atoms with Crippen molar-refractivity contribution in [3.63, 3.8) is 0 Å². The maximum Gasteiger partial charge on any atom is 0.158 e. The Hall–Kier alpha value is -7.11. The standard InChI is InChI=1S/C48H31N3O2/c1-3-11-30(12-4-1)36-28-42-48(49-29-36)51(37-13-5-2-6-14-37)47(50-42)35-24-33(31-19-21-45-40(26-31)38-15-7-9-17-43(38)52-45)23-34(25-35)32-20-22-46-41(27-32)39-16-8-10-18-44(39)53-46/h1-29,47,50H. The summed E-state index contributed by atoms with van der Waals surface area (Å²) in [5, 5.41) is 8.33. The lowest BCUT2D eigenvalue weighted by Crippen LogP contribution is -2.24. The molecule has 1 N–H and O–H groups in total. The van der Waals surface area contributed by atoms with Crippen LogP contribution >= 0.6 is 0 Å². The molecule has 0 radical (unpaired) electrons. The smallest absolute Gasteiger partial charge is 0.158 e. The minimum absolute atomic E-state index is 0.221. The van der Waals surface area contributed by atoms with Gasteiger partial charge in [-0.3, -0.25) is 4.90 Å². The van der Waals surface area contributed by atoms with Gasteiger partial charge in [-0.25, -0.2) is 4.98 Å². The maximum atomic E-state index is 6.22. The van der Waals surface area contributed by atoms with E-state index in [2.05, 4.69) is 150 Å². The molecule has 7 aromatic carbocycles. The first-order valence-corrected chi connectivity index (χ1v) is 17.9. The van der Waals surface area contributed by atoms with Crippen LogP contribution < -0.4 is 10.2 Å². The van der Waals surface area contributed by atoms with Gasteiger partial charge in [-0.1, -0.05) is 97.1 Å². The molecule has 250 valence electrons. The van der Waals surface area contributed by atoms with Crippen molar-refractivity contribution in [2.24, 2.45) is 0 Å². The van der Waals surface area contributed by atoms with Crippen LogP contribution in [0.2, 0.25) is 0 Å². The van der Waals surface area contributed by atoms with Gasteiger partial charge in [0, 0.05) is 39.0 Å². The number of pyridine rings is 1. The van der Waals surface area contributed by atoms with Crippen LogP contribution in [0.25, 0.3) is 77.3 Å². The number of hydrogen-bond acceptors (Lipinski definition) is 5. The van der Waals surface area contributed by atoms with Gasteiger partial charge in [0.05, 0.1) is 5.69 Å². The summed E-state index contributed by atoms with van der Waals surface area (Å²) in [6, 6.07) is 59.6. The number of aromatic nitrogens is 1. The van der Waals surface area contributed by atoms with Gasteiger partial charge in [0.25, 0.3) is 0 Å². The van der Waals surface area contributed by atoms with Crippen LogP contribution in [-0.4, -0.2) is 4.98 Å². The van der Waals surface area contributed by atoms with E-state index in [9.17, 15) is 0 Å². The summed E-state index contributed by atoms with van der Waals surface area (Å²) < 4.78 is 12.4. The monoisotopic (exact) mass is 681 g/mol. The molecule has 3 aromatic heterocycles. The maximum absolute atomic E-state index is 6.22. The van der Waals surface area contributed by atoms with Crippen molar-refractivity contribution in [1.29, 1.82) is 0 Å². The van der Waals surface area contributed by atoms with Crippen molar-refractivity contribution in [3.05, 3.63) is 182 Å². The highest BCUT2D eigenvalue weighted by atomic mass is 16.3. The molecule has 0 bridgehead atoms. The lowest BCUT2D eigenvalue weighted by Gasteiger charge is -2.27. The van der Waals surface area contributed by atoms with Gasteiger partial charge < -0.3 is 14.2 Å². The number of nitrogens with one attached hydrogen (secondary N) is 1. The first-order chi connectivity index (χ1) is 26.2.